The van der Waals surface area contributed by atoms with Gasteiger partial charge in [-0.1, -0.05) is 107 Å². The summed E-state index contributed by atoms with van der Waals surface area (Å²) in [5, 5.41) is 29.5. The number of benzene rings is 2. The van der Waals surface area contributed by atoms with Gasteiger partial charge in [0.05, 0.1) is 0 Å². The maximum Gasteiger partial charge on any atom is 0.488 e. The van der Waals surface area contributed by atoms with Crippen LogP contribution in [0.25, 0.3) is 11.1 Å². The van der Waals surface area contributed by atoms with Crippen molar-refractivity contribution >= 4 is 25.5 Å². The lowest BCUT2D eigenvalue weighted by atomic mass is 9.68. The topological polar surface area (TPSA) is 60.7 Å². The highest BCUT2D eigenvalue weighted by molar-refractivity contribution is 6.58. The average molecular weight is 406 g/mol. The summed E-state index contributed by atoms with van der Waals surface area (Å²) in [6.07, 6.45) is 11.8. The highest BCUT2D eigenvalue weighted by Gasteiger charge is 2.42. The molecule has 1 aliphatic carbocycles. The molecule has 3 nitrogen and oxygen atoms in total. The first kappa shape index (κ1) is 23.1. The second-order valence-electron chi connectivity index (χ2n) is 8.92. The maximum atomic E-state index is 9.84. The van der Waals surface area contributed by atoms with Crippen LogP contribution in [0.5, 0.6) is 0 Å². The Balaban J connectivity index is 2.09. The van der Waals surface area contributed by atoms with E-state index >= 15 is 0 Å². The van der Waals surface area contributed by atoms with Crippen LogP contribution in [-0.2, 0) is 5.41 Å². The van der Waals surface area contributed by atoms with Gasteiger partial charge in [0.1, 0.15) is 0 Å². The Bertz CT molecular complexity index is 823. The molecule has 160 valence electrons. The summed E-state index contributed by atoms with van der Waals surface area (Å²) in [5.74, 6) is 0. The van der Waals surface area contributed by atoms with Gasteiger partial charge < -0.3 is 15.1 Å². The van der Waals surface area contributed by atoms with Gasteiger partial charge in [-0.3, -0.25) is 0 Å². The quantitative estimate of drug-likeness (QED) is 0.373. The van der Waals surface area contributed by atoms with E-state index in [2.05, 4.69) is 32.0 Å². The number of unbranched alkanes of at least 4 members (excludes halogenated alkanes) is 6. The smallest absolute Gasteiger partial charge is 0.449 e. The molecule has 0 heterocycles. The van der Waals surface area contributed by atoms with Gasteiger partial charge >= 0.3 is 14.6 Å². The predicted octanol–water partition coefficient (Wildman–Crippen LogP) is 3.54. The lowest BCUT2D eigenvalue weighted by Gasteiger charge is -2.33. The standard InChI is InChI=1S/C25H36B2O3/c1-3-5-7-9-15-25(16-10-8-6-4-2)23-17-19(26-28)11-13-21(23)22-14-12-20(27(29)30)18-24(22)25/h11-14,17-18,26,28-30H,3-10,15-16H2,1-2H3. The molecule has 2 aromatic carbocycles. The third kappa shape index (κ3) is 4.69. The summed E-state index contributed by atoms with van der Waals surface area (Å²) in [6.45, 7) is 4.48. The summed E-state index contributed by atoms with van der Waals surface area (Å²) in [6, 6.07) is 12.3. The minimum absolute atomic E-state index is 0.0476. The normalized spacial score (nSPS) is 13.8. The van der Waals surface area contributed by atoms with E-state index in [4.69, 9.17) is 0 Å². The summed E-state index contributed by atoms with van der Waals surface area (Å²) < 4.78 is 0. The van der Waals surface area contributed by atoms with Gasteiger partial charge in [0.2, 0.25) is 0 Å². The number of rotatable bonds is 12. The van der Waals surface area contributed by atoms with Crippen molar-refractivity contribution in [2.45, 2.75) is 83.5 Å². The molecule has 0 saturated heterocycles. The van der Waals surface area contributed by atoms with Crippen LogP contribution in [0.3, 0.4) is 0 Å². The Kier molecular flexibility index (Phi) is 8.21. The molecule has 1 aliphatic rings. The first-order chi connectivity index (χ1) is 14.6. The van der Waals surface area contributed by atoms with Crippen molar-refractivity contribution in [3.63, 3.8) is 0 Å². The second-order valence-corrected chi connectivity index (χ2v) is 8.92. The Morgan fingerprint density at radius 3 is 1.87 bits per heavy atom. The van der Waals surface area contributed by atoms with E-state index in [0.29, 0.717) is 5.46 Å². The Hall–Kier alpha value is -1.55. The maximum absolute atomic E-state index is 9.84. The molecule has 0 fully saturated rings. The van der Waals surface area contributed by atoms with Crippen molar-refractivity contribution < 1.29 is 15.1 Å². The van der Waals surface area contributed by atoms with E-state index in [1.807, 2.05) is 18.2 Å². The molecular weight excluding hydrogens is 370 g/mol. The van der Waals surface area contributed by atoms with E-state index in [9.17, 15) is 15.1 Å². The number of fused-ring (bicyclic) bond motifs is 3. The molecule has 0 atom stereocenters. The Morgan fingerprint density at radius 2 is 1.33 bits per heavy atom. The van der Waals surface area contributed by atoms with Gasteiger partial charge in [-0.25, -0.2) is 0 Å². The molecule has 3 rings (SSSR count). The summed E-state index contributed by atoms with van der Waals surface area (Å²) >= 11 is 0. The molecule has 0 bridgehead atoms. The highest BCUT2D eigenvalue weighted by atomic mass is 16.4. The first-order valence-electron chi connectivity index (χ1n) is 11.8. The fourth-order valence-corrected chi connectivity index (χ4v) is 5.19. The molecule has 0 amide bonds. The van der Waals surface area contributed by atoms with Crippen molar-refractivity contribution in [2.24, 2.45) is 0 Å². The molecule has 3 N–H and O–H groups in total. The van der Waals surface area contributed by atoms with E-state index in [1.165, 1.54) is 60.8 Å². The molecular formula is C25H36B2O3. The fraction of sp³-hybridized carbons (Fsp3) is 0.520. The van der Waals surface area contributed by atoms with Crippen LogP contribution in [0, 0.1) is 0 Å². The monoisotopic (exact) mass is 406 g/mol. The zero-order chi connectivity index (χ0) is 21.6. The van der Waals surface area contributed by atoms with Gasteiger partial charge in [0.15, 0.2) is 0 Å². The highest BCUT2D eigenvalue weighted by Crippen LogP contribution is 2.53. The zero-order valence-electron chi connectivity index (χ0n) is 18.7. The van der Waals surface area contributed by atoms with Crippen molar-refractivity contribution in [1.29, 1.82) is 0 Å². The largest absolute Gasteiger partial charge is 0.488 e. The van der Waals surface area contributed by atoms with Crippen molar-refractivity contribution in [3.8, 4) is 11.1 Å². The third-order valence-electron chi connectivity index (χ3n) is 6.84. The van der Waals surface area contributed by atoms with Gasteiger partial charge in [-0.05, 0) is 40.6 Å². The molecule has 0 radical (unpaired) electrons. The van der Waals surface area contributed by atoms with Gasteiger partial charge in [0.25, 0.3) is 0 Å². The summed E-state index contributed by atoms with van der Waals surface area (Å²) in [7, 11) is -1.41. The molecule has 0 aromatic heterocycles. The van der Waals surface area contributed by atoms with E-state index in [-0.39, 0.29) is 12.9 Å². The van der Waals surface area contributed by atoms with Crippen molar-refractivity contribution in [2.75, 3.05) is 0 Å². The number of hydrogen-bond donors (Lipinski definition) is 3. The van der Waals surface area contributed by atoms with Crippen molar-refractivity contribution in [3.05, 3.63) is 47.5 Å². The molecule has 0 unspecified atom stereocenters. The van der Waals surface area contributed by atoms with Crippen LogP contribution in [0.2, 0.25) is 0 Å². The minimum Gasteiger partial charge on any atom is -0.449 e. The van der Waals surface area contributed by atoms with Crippen LogP contribution in [0.4, 0.5) is 0 Å². The molecule has 0 aliphatic heterocycles. The van der Waals surface area contributed by atoms with E-state index < -0.39 is 7.12 Å². The number of hydrogen-bond acceptors (Lipinski definition) is 3. The Morgan fingerprint density at radius 1 is 0.767 bits per heavy atom. The van der Waals surface area contributed by atoms with Crippen molar-refractivity contribution in [1.82, 2.24) is 0 Å². The molecule has 0 spiro atoms. The SMILES string of the molecule is CCCCCCC1(CCCCCC)c2cc(BO)ccc2-c2ccc(B(O)O)cc21. The summed E-state index contributed by atoms with van der Waals surface area (Å²) in [5.41, 5.74) is 6.43. The second kappa shape index (κ2) is 10.7. The minimum atomic E-state index is -1.45. The van der Waals surface area contributed by atoms with Gasteiger partial charge in [-0.15, -0.1) is 0 Å². The van der Waals surface area contributed by atoms with Crippen LogP contribution >= 0.6 is 0 Å². The van der Waals surface area contributed by atoms with Crippen LogP contribution in [-0.4, -0.2) is 29.7 Å². The van der Waals surface area contributed by atoms with Crippen LogP contribution in [0.15, 0.2) is 36.4 Å². The van der Waals surface area contributed by atoms with Crippen LogP contribution < -0.4 is 10.9 Å². The van der Waals surface area contributed by atoms with Gasteiger partial charge in [0, 0.05) is 5.41 Å². The zero-order valence-corrected chi connectivity index (χ0v) is 18.7. The van der Waals surface area contributed by atoms with Gasteiger partial charge in [-0.2, -0.15) is 0 Å². The lowest BCUT2D eigenvalue weighted by Crippen LogP contribution is -2.33. The molecule has 0 saturated carbocycles. The Labute approximate surface area is 183 Å². The molecule has 30 heavy (non-hydrogen) atoms. The first-order valence-corrected chi connectivity index (χ1v) is 11.8. The predicted molar refractivity (Wildman–Crippen MR) is 129 cm³/mol. The van der Waals surface area contributed by atoms with E-state index in [0.717, 1.165) is 31.1 Å². The van der Waals surface area contributed by atoms with Crippen LogP contribution in [0.1, 0.15) is 89.2 Å². The third-order valence-corrected chi connectivity index (χ3v) is 6.84. The van der Waals surface area contributed by atoms with E-state index in [1.54, 1.807) is 0 Å². The fourth-order valence-electron chi connectivity index (χ4n) is 5.19. The summed E-state index contributed by atoms with van der Waals surface area (Å²) in [4.78, 5) is 0. The average Bonchev–Trinajstić information content (AvgIpc) is 3.03. The molecule has 2 aromatic rings. The lowest BCUT2D eigenvalue weighted by molar-refractivity contribution is 0.400. The molecule has 5 heteroatoms.